The van der Waals surface area contributed by atoms with Crippen molar-refractivity contribution in [1.82, 2.24) is 14.8 Å². The van der Waals surface area contributed by atoms with Crippen LogP contribution in [-0.2, 0) is 0 Å². The maximum atomic E-state index is 12.8. The van der Waals surface area contributed by atoms with E-state index >= 15 is 0 Å². The summed E-state index contributed by atoms with van der Waals surface area (Å²) < 4.78 is 26.8. The second-order valence-corrected chi connectivity index (χ2v) is 2.91. The van der Waals surface area contributed by atoms with E-state index in [2.05, 4.69) is 10.2 Å². The normalized spacial score (nSPS) is 10.5. The average Bonchev–Trinajstić information content (AvgIpc) is 2.57. The second kappa shape index (κ2) is 3.34. The monoisotopic (exact) mass is 215 g/mol. The minimum atomic E-state index is -0.938. The summed E-state index contributed by atoms with van der Waals surface area (Å²) >= 11 is 5.64. The van der Waals surface area contributed by atoms with Crippen molar-refractivity contribution >= 4 is 11.6 Å². The predicted octanol–water partition coefficient (Wildman–Crippen LogP) is 2.20. The van der Waals surface area contributed by atoms with E-state index < -0.39 is 11.6 Å². The first-order chi connectivity index (χ1) is 6.68. The third kappa shape index (κ3) is 1.46. The molecule has 0 aliphatic rings. The molecule has 6 heteroatoms. The molecule has 14 heavy (non-hydrogen) atoms. The van der Waals surface area contributed by atoms with Crippen molar-refractivity contribution in [1.29, 1.82) is 0 Å². The molecule has 1 aromatic carbocycles. The van der Waals surface area contributed by atoms with Gasteiger partial charge in [-0.3, -0.25) is 4.57 Å². The van der Waals surface area contributed by atoms with Gasteiger partial charge in [-0.1, -0.05) is 0 Å². The minimum absolute atomic E-state index is 0.0935. The number of rotatable bonds is 1. The van der Waals surface area contributed by atoms with E-state index in [0.717, 1.165) is 12.1 Å². The fraction of sp³-hybridized carbons (Fsp3) is 0. The Morgan fingerprint density at radius 2 is 2.00 bits per heavy atom. The van der Waals surface area contributed by atoms with Gasteiger partial charge in [0.25, 0.3) is 0 Å². The highest BCUT2D eigenvalue weighted by molar-refractivity contribution is 6.28. The lowest BCUT2D eigenvalue weighted by Gasteiger charge is -2.02. The van der Waals surface area contributed by atoms with E-state index in [-0.39, 0.29) is 5.28 Å². The molecule has 2 rings (SSSR count). The van der Waals surface area contributed by atoms with E-state index in [9.17, 15) is 8.78 Å². The first kappa shape index (κ1) is 9.08. The van der Waals surface area contributed by atoms with E-state index in [1.807, 2.05) is 0 Å². The summed E-state index contributed by atoms with van der Waals surface area (Å²) in [7, 11) is 0. The number of nitrogens with zero attached hydrogens (tertiary/aromatic N) is 3. The Balaban J connectivity index is 2.53. The largest absolute Gasteiger partial charge is 0.272 e. The lowest BCUT2D eigenvalue weighted by Crippen LogP contribution is -1.94. The van der Waals surface area contributed by atoms with Gasteiger partial charge in [0.2, 0.25) is 5.28 Å². The van der Waals surface area contributed by atoms with Crippen LogP contribution in [0.5, 0.6) is 0 Å². The predicted molar refractivity (Wildman–Crippen MR) is 46.3 cm³/mol. The molecule has 0 atom stereocenters. The molecule has 0 radical (unpaired) electrons. The molecule has 0 unspecified atom stereocenters. The van der Waals surface area contributed by atoms with Crippen LogP contribution in [0.25, 0.3) is 5.69 Å². The Bertz CT molecular complexity index is 469. The summed E-state index contributed by atoms with van der Waals surface area (Å²) in [6.07, 6.45) is 1.31. The molecule has 0 bridgehead atoms. The van der Waals surface area contributed by atoms with Gasteiger partial charge in [-0.15, -0.1) is 10.2 Å². The van der Waals surface area contributed by atoms with Gasteiger partial charge < -0.3 is 0 Å². The van der Waals surface area contributed by atoms with Crippen molar-refractivity contribution in [2.24, 2.45) is 0 Å². The fourth-order valence-corrected chi connectivity index (χ4v) is 1.21. The molecule has 72 valence electrons. The number of halogens is 3. The zero-order chi connectivity index (χ0) is 10.1. The van der Waals surface area contributed by atoms with Crippen LogP contribution in [0.2, 0.25) is 5.28 Å². The summed E-state index contributed by atoms with van der Waals surface area (Å²) in [5.41, 5.74) is 0.374. The molecule has 1 heterocycles. The van der Waals surface area contributed by atoms with Crippen LogP contribution in [-0.4, -0.2) is 14.8 Å². The highest BCUT2D eigenvalue weighted by Crippen LogP contribution is 2.16. The van der Waals surface area contributed by atoms with Crippen LogP contribution >= 0.6 is 11.6 Å². The highest BCUT2D eigenvalue weighted by atomic mass is 35.5. The maximum absolute atomic E-state index is 12.8. The number of aromatic nitrogens is 3. The zero-order valence-corrected chi connectivity index (χ0v) is 7.54. The molecule has 0 spiro atoms. The second-order valence-electron chi connectivity index (χ2n) is 2.57. The first-order valence-electron chi connectivity index (χ1n) is 3.69. The van der Waals surface area contributed by atoms with E-state index in [0.29, 0.717) is 5.69 Å². The topological polar surface area (TPSA) is 30.7 Å². The molecular formula is C8H4ClF2N3. The van der Waals surface area contributed by atoms with Gasteiger partial charge in [0.05, 0.1) is 5.69 Å². The van der Waals surface area contributed by atoms with Crippen molar-refractivity contribution in [3.05, 3.63) is 41.4 Å². The number of hydrogen-bond donors (Lipinski definition) is 0. The van der Waals surface area contributed by atoms with Crippen molar-refractivity contribution in [2.45, 2.75) is 0 Å². The van der Waals surface area contributed by atoms with Crippen LogP contribution in [0, 0.1) is 11.6 Å². The molecular weight excluding hydrogens is 212 g/mol. The summed E-state index contributed by atoms with van der Waals surface area (Å²) in [6.45, 7) is 0. The molecule has 0 N–H and O–H groups in total. The van der Waals surface area contributed by atoms with Crippen molar-refractivity contribution in [3.63, 3.8) is 0 Å². The van der Waals surface area contributed by atoms with Gasteiger partial charge >= 0.3 is 0 Å². The minimum Gasteiger partial charge on any atom is -0.272 e. The van der Waals surface area contributed by atoms with Crippen molar-refractivity contribution < 1.29 is 8.78 Å². The third-order valence-corrected chi connectivity index (χ3v) is 1.95. The van der Waals surface area contributed by atoms with Gasteiger partial charge in [0.15, 0.2) is 11.6 Å². The number of benzene rings is 1. The molecule has 0 saturated heterocycles. The smallest absolute Gasteiger partial charge is 0.229 e. The fourth-order valence-electron chi connectivity index (χ4n) is 1.03. The Labute approximate surface area is 82.9 Å². The van der Waals surface area contributed by atoms with E-state index in [1.54, 1.807) is 0 Å². The van der Waals surface area contributed by atoms with Crippen molar-refractivity contribution in [2.75, 3.05) is 0 Å². The van der Waals surface area contributed by atoms with Gasteiger partial charge in [0, 0.05) is 6.07 Å². The van der Waals surface area contributed by atoms with Gasteiger partial charge in [-0.05, 0) is 23.7 Å². The number of hydrogen-bond acceptors (Lipinski definition) is 2. The van der Waals surface area contributed by atoms with Gasteiger partial charge in [0.1, 0.15) is 6.33 Å². The molecule has 0 aliphatic carbocycles. The molecule has 0 fully saturated rings. The van der Waals surface area contributed by atoms with Crippen molar-refractivity contribution in [3.8, 4) is 5.69 Å². The Morgan fingerprint density at radius 1 is 1.21 bits per heavy atom. The standard InChI is InChI=1S/C8H4ClF2N3/c9-8-13-12-4-14(8)5-1-2-6(10)7(11)3-5/h1-4H. The van der Waals surface area contributed by atoms with Crippen LogP contribution < -0.4 is 0 Å². The summed E-state index contributed by atoms with van der Waals surface area (Å²) in [5.74, 6) is -1.84. The Kier molecular flexibility index (Phi) is 2.17. The van der Waals surface area contributed by atoms with E-state index in [1.165, 1.54) is 17.0 Å². The summed E-state index contributed by atoms with van der Waals surface area (Å²) in [4.78, 5) is 0. The highest BCUT2D eigenvalue weighted by Gasteiger charge is 2.06. The molecule has 2 aromatic rings. The van der Waals surface area contributed by atoms with Crippen LogP contribution in [0.4, 0.5) is 8.78 Å². The maximum Gasteiger partial charge on any atom is 0.229 e. The van der Waals surface area contributed by atoms with Gasteiger partial charge in [-0.2, -0.15) is 0 Å². The lowest BCUT2D eigenvalue weighted by atomic mass is 10.3. The SMILES string of the molecule is Fc1ccc(-n2cnnc2Cl)cc1F. The van der Waals surface area contributed by atoms with Crippen LogP contribution in [0.15, 0.2) is 24.5 Å². The first-order valence-corrected chi connectivity index (χ1v) is 4.07. The quantitative estimate of drug-likeness (QED) is 0.730. The molecule has 0 amide bonds. The molecule has 3 nitrogen and oxygen atoms in total. The van der Waals surface area contributed by atoms with Crippen LogP contribution in [0.1, 0.15) is 0 Å². The zero-order valence-electron chi connectivity index (χ0n) is 6.78. The molecule has 0 aliphatic heterocycles. The summed E-state index contributed by atoms with van der Waals surface area (Å²) in [6, 6.07) is 3.42. The third-order valence-electron chi connectivity index (χ3n) is 1.69. The molecule has 0 saturated carbocycles. The van der Waals surface area contributed by atoms with Gasteiger partial charge in [-0.25, -0.2) is 8.78 Å². The van der Waals surface area contributed by atoms with Crippen LogP contribution in [0.3, 0.4) is 0 Å². The Morgan fingerprint density at radius 3 is 2.57 bits per heavy atom. The Hall–Kier alpha value is -1.49. The molecule has 1 aromatic heterocycles. The van der Waals surface area contributed by atoms with E-state index in [4.69, 9.17) is 11.6 Å². The summed E-state index contributed by atoms with van der Waals surface area (Å²) in [5, 5.41) is 7.12. The lowest BCUT2D eigenvalue weighted by molar-refractivity contribution is 0.508. The average molecular weight is 216 g/mol.